The van der Waals surface area contributed by atoms with E-state index in [4.69, 9.17) is 0 Å². The van der Waals surface area contributed by atoms with E-state index in [-0.39, 0.29) is 0 Å². The Kier molecular flexibility index (Phi) is 2.97. The van der Waals surface area contributed by atoms with Crippen molar-refractivity contribution in [1.82, 2.24) is 4.98 Å². The van der Waals surface area contributed by atoms with Gasteiger partial charge in [0.1, 0.15) is 0 Å². The molecule has 0 aliphatic carbocycles. The first kappa shape index (κ1) is 11.1. The van der Waals surface area contributed by atoms with E-state index in [1.54, 1.807) is 11.3 Å². The molecule has 1 aromatic carbocycles. The SMILES string of the molecule is CNc1ncc(-c2cc(C)c(C)cc2C)s1. The lowest BCUT2D eigenvalue weighted by atomic mass is 10.0. The van der Waals surface area contributed by atoms with Crippen molar-refractivity contribution in [1.29, 1.82) is 0 Å². The van der Waals surface area contributed by atoms with Gasteiger partial charge >= 0.3 is 0 Å². The zero-order valence-corrected chi connectivity index (χ0v) is 10.9. The summed E-state index contributed by atoms with van der Waals surface area (Å²) >= 11 is 1.69. The molecular formula is C13H16N2S. The minimum atomic E-state index is 0.965. The Bertz CT molecular complexity index is 515. The first-order valence-corrected chi connectivity index (χ1v) is 6.15. The van der Waals surface area contributed by atoms with Gasteiger partial charge in [0.05, 0.1) is 4.88 Å². The van der Waals surface area contributed by atoms with Crippen molar-refractivity contribution in [2.75, 3.05) is 12.4 Å². The zero-order chi connectivity index (χ0) is 11.7. The van der Waals surface area contributed by atoms with Gasteiger partial charge in [-0.3, -0.25) is 0 Å². The van der Waals surface area contributed by atoms with E-state index < -0.39 is 0 Å². The summed E-state index contributed by atoms with van der Waals surface area (Å²) in [5, 5.41) is 4.04. The van der Waals surface area contributed by atoms with Gasteiger partial charge in [0, 0.05) is 13.2 Å². The van der Waals surface area contributed by atoms with Crippen LogP contribution in [0.5, 0.6) is 0 Å². The molecule has 2 aromatic rings. The second kappa shape index (κ2) is 4.26. The molecule has 0 amide bonds. The fraction of sp³-hybridized carbons (Fsp3) is 0.308. The van der Waals surface area contributed by atoms with Crippen molar-refractivity contribution in [3.63, 3.8) is 0 Å². The molecule has 84 valence electrons. The summed E-state index contributed by atoms with van der Waals surface area (Å²) < 4.78 is 0. The summed E-state index contributed by atoms with van der Waals surface area (Å²) in [6.07, 6.45) is 1.94. The third kappa shape index (κ3) is 1.95. The first-order valence-electron chi connectivity index (χ1n) is 5.33. The Morgan fingerprint density at radius 1 is 1.06 bits per heavy atom. The molecule has 0 bridgehead atoms. The number of nitrogens with one attached hydrogen (secondary N) is 1. The van der Waals surface area contributed by atoms with Gasteiger partial charge in [-0.15, -0.1) is 0 Å². The van der Waals surface area contributed by atoms with E-state index in [1.165, 1.54) is 27.1 Å². The van der Waals surface area contributed by atoms with Crippen molar-refractivity contribution in [2.24, 2.45) is 0 Å². The molecule has 3 heteroatoms. The van der Waals surface area contributed by atoms with Gasteiger partial charge in [-0.05, 0) is 43.0 Å². The van der Waals surface area contributed by atoms with Crippen LogP contribution in [0.15, 0.2) is 18.3 Å². The van der Waals surface area contributed by atoms with Gasteiger partial charge in [-0.2, -0.15) is 0 Å². The van der Waals surface area contributed by atoms with Crippen LogP contribution in [0.4, 0.5) is 5.13 Å². The first-order chi connectivity index (χ1) is 7.61. The minimum absolute atomic E-state index is 0.965. The predicted octanol–water partition coefficient (Wildman–Crippen LogP) is 3.78. The summed E-state index contributed by atoms with van der Waals surface area (Å²) in [6, 6.07) is 4.49. The number of hydrogen-bond donors (Lipinski definition) is 1. The van der Waals surface area contributed by atoms with E-state index in [9.17, 15) is 0 Å². The number of nitrogens with zero attached hydrogens (tertiary/aromatic N) is 1. The van der Waals surface area contributed by atoms with Gasteiger partial charge in [-0.25, -0.2) is 4.98 Å². The molecule has 0 unspecified atom stereocenters. The standard InChI is InChI=1S/C13H16N2S/c1-8-5-10(3)11(6-9(8)2)12-7-15-13(14-4)16-12/h5-7H,1-4H3,(H,14,15). The fourth-order valence-electron chi connectivity index (χ4n) is 1.74. The second-order valence-electron chi connectivity index (χ2n) is 4.03. The normalized spacial score (nSPS) is 10.5. The highest BCUT2D eigenvalue weighted by molar-refractivity contribution is 7.18. The van der Waals surface area contributed by atoms with Crippen LogP contribution in [0, 0.1) is 20.8 Å². The molecule has 0 saturated carbocycles. The highest BCUT2D eigenvalue weighted by Crippen LogP contribution is 2.32. The van der Waals surface area contributed by atoms with Gasteiger partial charge in [0.25, 0.3) is 0 Å². The lowest BCUT2D eigenvalue weighted by molar-refractivity contribution is 1.30. The Labute approximate surface area is 100 Å². The predicted molar refractivity (Wildman–Crippen MR) is 71.3 cm³/mol. The number of hydrogen-bond acceptors (Lipinski definition) is 3. The smallest absolute Gasteiger partial charge is 0.182 e. The number of thiazole rings is 1. The van der Waals surface area contributed by atoms with Crippen molar-refractivity contribution in [3.05, 3.63) is 35.0 Å². The quantitative estimate of drug-likeness (QED) is 0.852. The summed E-state index contributed by atoms with van der Waals surface area (Å²) in [4.78, 5) is 5.54. The van der Waals surface area contributed by atoms with Crippen LogP contribution in [0.25, 0.3) is 10.4 Å². The molecule has 0 fully saturated rings. The van der Waals surface area contributed by atoms with Crippen LogP contribution in [-0.2, 0) is 0 Å². The number of aromatic nitrogens is 1. The number of anilines is 1. The van der Waals surface area contributed by atoms with Crippen LogP contribution >= 0.6 is 11.3 Å². The summed E-state index contributed by atoms with van der Waals surface area (Å²) in [7, 11) is 1.90. The minimum Gasteiger partial charge on any atom is -0.365 e. The van der Waals surface area contributed by atoms with Crippen molar-refractivity contribution < 1.29 is 0 Å². The lowest BCUT2D eigenvalue weighted by Crippen LogP contribution is -1.86. The van der Waals surface area contributed by atoms with Crippen molar-refractivity contribution in [3.8, 4) is 10.4 Å². The molecule has 2 nitrogen and oxygen atoms in total. The summed E-state index contributed by atoms with van der Waals surface area (Å²) in [6.45, 7) is 6.46. The van der Waals surface area contributed by atoms with Crippen LogP contribution in [0.2, 0.25) is 0 Å². The molecule has 0 spiro atoms. The van der Waals surface area contributed by atoms with E-state index >= 15 is 0 Å². The second-order valence-corrected chi connectivity index (χ2v) is 5.06. The van der Waals surface area contributed by atoms with E-state index in [1.807, 2.05) is 13.2 Å². The Morgan fingerprint density at radius 3 is 2.38 bits per heavy atom. The third-order valence-electron chi connectivity index (χ3n) is 2.83. The number of rotatable bonds is 2. The average molecular weight is 232 g/mol. The van der Waals surface area contributed by atoms with Crippen LogP contribution < -0.4 is 5.32 Å². The average Bonchev–Trinajstić information content (AvgIpc) is 2.71. The monoisotopic (exact) mass is 232 g/mol. The van der Waals surface area contributed by atoms with E-state index in [2.05, 4.69) is 43.2 Å². The number of benzene rings is 1. The molecule has 0 radical (unpaired) electrons. The van der Waals surface area contributed by atoms with E-state index in [0.717, 1.165) is 5.13 Å². The Balaban J connectivity index is 2.51. The lowest BCUT2D eigenvalue weighted by Gasteiger charge is -2.07. The fourth-order valence-corrected chi connectivity index (χ4v) is 2.59. The van der Waals surface area contributed by atoms with Gasteiger partial charge < -0.3 is 5.32 Å². The molecule has 0 atom stereocenters. The molecule has 1 aromatic heterocycles. The van der Waals surface area contributed by atoms with E-state index in [0.29, 0.717) is 0 Å². The Hall–Kier alpha value is -1.35. The maximum atomic E-state index is 4.31. The topological polar surface area (TPSA) is 24.9 Å². The molecule has 1 heterocycles. The highest BCUT2D eigenvalue weighted by atomic mass is 32.1. The van der Waals surface area contributed by atoms with Gasteiger partial charge in [0.2, 0.25) is 0 Å². The van der Waals surface area contributed by atoms with Crippen LogP contribution in [0.3, 0.4) is 0 Å². The maximum absolute atomic E-state index is 4.31. The number of aryl methyl sites for hydroxylation is 3. The highest BCUT2D eigenvalue weighted by Gasteiger charge is 2.07. The zero-order valence-electron chi connectivity index (χ0n) is 10.1. The largest absolute Gasteiger partial charge is 0.365 e. The molecule has 0 aliphatic heterocycles. The maximum Gasteiger partial charge on any atom is 0.182 e. The summed E-state index contributed by atoms with van der Waals surface area (Å²) in [5.41, 5.74) is 5.29. The molecular weight excluding hydrogens is 216 g/mol. The molecule has 1 N–H and O–H groups in total. The molecule has 16 heavy (non-hydrogen) atoms. The molecule has 0 aliphatic rings. The molecule has 2 rings (SSSR count). The van der Waals surface area contributed by atoms with Crippen molar-refractivity contribution >= 4 is 16.5 Å². The van der Waals surface area contributed by atoms with Gasteiger partial charge in [-0.1, -0.05) is 23.5 Å². The van der Waals surface area contributed by atoms with Crippen LogP contribution in [-0.4, -0.2) is 12.0 Å². The van der Waals surface area contributed by atoms with Crippen molar-refractivity contribution in [2.45, 2.75) is 20.8 Å². The van der Waals surface area contributed by atoms with Crippen LogP contribution in [0.1, 0.15) is 16.7 Å². The van der Waals surface area contributed by atoms with Gasteiger partial charge in [0.15, 0.2) is 5.13 Å². The summed E-state index contributed by atoms with van der Waals surface area (Å²) in [5.74, 6) is 0. The third-order valence-corrected chi connectivity index (χ3v) is 3.87. The molecule has 0 saturated heterocycles. The Morgan fingerprint density at radius 2 is 1.75 bits per heavy atom.